The molecule has 10 rings (SSSR count). The van der Waals surface area contributed by atoms with Gasteiger partial charge in [0.1, 0.15) is 0 Å². The number of nitrogens with one attached hydrogen (secondary N) is 1. The Labute approximate surface area is 274 Å². The molecule has 0 saturated heterocycles. The van der Waals surface area contributed by atoms with Crippen LogP contribution in [-0.4, -0.2) is 24.0 Å². The van der Waals surface area contributed by atoms with E-state index in [1.807, 2.05) is 22.7 Å². The zero-order chi connectivity index (χ0) is 30.7. The van der Waals surface area contributed by atoms with E-state index in [0.717, 1.165) is 11.4 Å². The van der Waals surface area contributed by atoms with E-state index in [-0.39, 0.29) is 29.4 Å². The number of nitrogens with two attached hydrogens (primary N) is 1. The third-order valence-electron chi connectivity index (χ3n) is 10.3. The number of nitrogens with zero attached hydrogens (tertiary/aromatic N) is 3. The van der Waals surface area contributed by atoms with Crippen molar-refractivity contribution in [3.05, 3.63) is 133 Å². The molecule has 0 radical (unpaired) electrons. The van der Waals surface area contributed by atoms with E-state index >= 15 is 0 Å². The van der Waals surface area contributed by atoms with Crippen LogP contribution in [0.2, 0.25) is 0 Å². The van der Waals surface area contributed by atoms with Crippen molar-refractivity contribution < 1.29 is 0 Å². The van der Waals surface area contributed by atoms with Crippen molar-refractivity contribution in [2.45, 2.75) is 30.3 Å². The third kappa shape index (κ3) is 3.34. The molecule has 0 fully saturated rings. The number of aliphatic imine (C=N–C) groups is 1. The summed E-state index contributed by atoms with van der Waals surface area (Å²) in [5.41, 5.74) is 11.3. The largest absolute Gasteiger partial charge is 0.369 e. The molecule has 4 unspecified atom stereocenters. The van der Waals surface area contributed by atoms with Crippen LogP contribution >= 0.6 is 22.7 Å². The summed E-state index contributed by atoms with van der Waals surface area (Å²) in [4.78, 5) is 9.13. The van der Waals surface area contributed by atoms with Gasteiger partial charge in [-0.3, -0.25) is 5.41 Å². The van der Waals surface area contributed by atoms with E-state index < -0.39 is 0 Å². The lowest BCUT2D eigenvalue weighted by Crippen LogP contribution is -2.47. The number of fused-ring (bicyclic) bond motifs is 14. The van der Waals surface area contributed by atoms with Crippen molar-refractivity contribution >= 4 is 86.3 Å². The maximum atomic E-state index is 9.50. The van der Waals surface area contributed by atoms with Crippen molar-refractivity contribution in [1.82, 2.24) is 0 Å². The quantitative estimate of drug-likeness (QED) is 0.130. The van der Waals surface area contributed by atoms with Crippen molar-refractivity contribution in [3.63, 3.8) is 0 Å². The lowest BCUT2D eigenvalue weighted by molar-refractivity contribution is 0.557. The summed E-state index contributed by atoms with van der Waals surface area (Å²) in [6.45, 7) is 2.29. The summed E-state index contributed by atoms with van der Waals surface area (Å²) in [5.74, 6) is 0.645. The highest BCUT2D eigenvalue weighted by molar-refractivity contribution is 7.26. The minimum atomic E-state index is -0.309. The first-order valence-corrected chi connectivity index (χ1v) is 17.3. The summed E-state index contributed by atoms with van der Waals surface area (Å²) < 4.78 is 5.15. The molecular formula is C39H29N5S2. The van der Waals surface area contributed by atoms with Crippen molar-refractivity contribution in [1.29, 1.82) is 5.41 Å². The van der Waals surface area contributed by atoms with E-state index in [4.69, 9.17) is 10.7 Å². The van der Waals surface area contributed by atoms with Gasteiger partial charge in [0.15, 0.2) is 0 Å². The SMILES string of the molecule is CC12C=CC=CC1N(C(=N)N=C(N)N1c3ccc4c(sc5ccccc54)c3C3C=CC=CC31)c1ccc3c(sc4ccccc43)c12. The zero-order valence-corrected chi connectivity index (χ0v) is 26.6. The van der Waals surface area contributed by atoms with Gasteiger partial charge in [-0.15, -0.1) is 22.7 Å². The monoisotopic (exact) mass is 631 g/mol. The molecule has 46 heavy (non-hydrogen) atoms. The van der Waals surface area contributed by atoms with Gasteiger partial charge in [-0.25, -0.2) is 0 Å². The number of rotatable bonds is 0. The standard InChI is InChI=1S/C39H29N5S2/c1-39-21-9-8-16-32(39)44(29-20-18-25-23-11-4-7-15-31(23)46-36(25)34(29)39)38(41)42-37(40)43-27-13-5-2-12-26(27)33-28(43)19-17-24-22-10-3-6-14-30(22)45-35(24)33/h2-21,26-27,32H,1H3,(H3,40,41,42). The fourth-order valence-corrected chi connectivity index (χ4v) is 11.0. The molecule has 0 bridgehead atoms. The molecule has 7 heteroatoms. The Morgan fingerprint density at radius 2 is 1.39 bits per heavy atom. The van der Waals surface area contributed by atoms with Gasteiger partial charge in [-0.2, -0.15) is 4.99 Å². The first-order chi connectivity index (χ1) is 22.5. The highest BCUT2D eigenvalue weighted by Gasteiger charge is 2.49. The maximum absolute atomic E-state index is 9.50. The molecule has 5 nitrogen and oxygen atoms in total. The lowest BCUT2D eigenvalue weighted by Gasteiger charge is -2.34. The lowest BCUT2D eigenvalue weighted by atomic mass is 9.76. The summed E-state index contributed by atoms with van der Waals surface area (Å²) in [6, 6.07) is 26.0. The zero-order valence-electron chi connectivity index (χ0n) is 25.0. The fraction of sp³-hybridized carbons (Fsp3) is 0.128. The van der Waals surface area contributed by atoms with Crippen LogP contribution in [0.5, 0.6) is 0 Å². The fourth-order valence-electron chi connectivity index (χ4n) is 8.30. The smallest absolute Gasteiger partial charge is 0.226 e. The van der Waals surface area contributed by atoms with Gasteiger partial charge in [-0.1, -0.05) is 97.1 Å². The van der Waals surface area contributed by atoms with Crippen LogP contribution < -0.4 is 15.5 Å². The van der Waals surface area contributed by atoms with Gasteiger partial charge in [0, 0.05) is 68.5 Å². The van der Waals surface area contributed by atoms with Crippen LogP contribution in [0.15, 0.2) is 126 Å². The topological polar surface area (TPSA) is 68.7 Å². The minimum absolute atomic E-state index is 0.000763. The van der Waals surface area contributed by atoms with Gasteiger partial charge >= 0.3 is 0 Å². The molecule has 4 heterocycles. The van der Waals surface area contributed by atoms with Gasteiger partial charge in [0.25, 0.3) is 0 Å². The molecule has 0 amide bonds. The van der Waals surface area contributed by atoms with Crippen LogP contribution in [0.1, 0.15) is 24.0 Å². The Kier molecular flexibility index (Phi) is 5.30. The highest BCUT2D eigenvalue weighted by Crippen LogP contribution is 2.54. The van der Waals surface area contributed by atoms with Crippen molar-refractivity contribution in [2.24, 2.45) is 10.7 Å². The highest BCUT2D eigenvalue weighted by atomic mass is 32.1. The Morgan fingerprint density at radius 1 is 0.739 bits per heavy atom. The second-order valence-electron chi connectivity index (χ2n) is 12.7. The van der Waals surface area contributed by atoms with E-state index in [9.17, 15) is 5.41 Å². The number of anilines is 2. The van der Waals surface area contributed by atoms with Gasteiger partial charge in [0.05, 0.1) is 17.8 Å². The van der Waals surface area contributed by atoms with E-state index in [1.54, 1.807) is 0 Å². The summed E-state index contributed by atoms with van der Waals surface area (Å²) in [5, 5.41) is 14.6. The second kappa shape index (κ2) is 9.28. The Bertz CT molecular complexity index is 2470. The molecular weight excluding hydrogens is 603 g/mol. The van der Waals surface area contributed by atoms with Crippen molar-refractivity contribution in [3.8, 4) is 0 Å². The van der Waals surface area contributed by atoms with Crippen LogP contribution in [0.4, 0.5) is 11.4 Å². The van der Waals surface area contributed by atoms with E-state index in [0.29, 0.717) is 5.96 Å². The maximum Gasteiger partial charge on any atom is 0.226 e. The average molecular weight is 632 g/mol. The van der Waals surface area contributed by atoms with Gasteiger partial charge in [-0.05, 0) is 31.2 Å². The van der Waals surface area contributed by atoms with Crippen molar-refractivity contribution in [2.75, 3.05) is 9.80 Å². The second-order valence-corrected chi connectivity index (χ2v) is 14.8. The molecule has 222 valence electrons. The number of benzene rings is 4. The average Bonchev–Trinajstić information content (AvgIpc) is 3.80. The van der Waals surface area contributed by atoms with E-state index in [2.05, 4.69) is 138 Å². The Balaban J connectivity index is 1.11. The Morgan fingerprint density at radius 3 is 2.17 bits per heavy atom. The van der Waals surface area contributed by atoms with Crippen LogP contribution in [-0.2, 0) is 5.41 Å². The van der Waals surface area contributed by atoms with Crippen LogP contribution in [0, 0.1) is 5.41 Å². The molecule has 0 saturated carbocycles. The third-order valence-corrected chi connectivity index (χ3v) is 12.7. The molecule has 4 atom stereocenters. The molecule has 2 aliphatic heterocycles. The first-order valence-electron chi connectivity index (χ1n) is 15.6. The summed E-state index contributed by atoms with van der Waals surface area (Å²) in [6.07, 6.45) is 17.4. The number of hydrogen-bond acceptors (Lipinski definition) is 3. The molecule has 4 aromatic carbocycles. The predicted octanol–water partition coefficient (Wildman–Crippen LogP) is 9.34. The van der Waals surface area contributed by atoms with Crippen LogP contribution in [0.25, 0.3) is 40.3 Å². The predicted molar refractivity (Wildman–Crippen MR) is 197 cm³/mol. The minimum Gasteiger partial charge on any atom is -0.369 e. The summed E-state index contributed by atoms with van der Waals surface area (Å²) >= 11 is 3.69. The molecule has 2 aromatic heterocycles. The van der Waals surface area contributed by atoms with Crippen LogP contribution in [0.3, 0.4) is 0 Å². The normalized spacial score (nSPS) is 24.4. The molecule has 2 aliphatic carbocycles. The first kappa shape index (κ1) is 26.3. The molecule has 3 N–H and O–H groups in total. The molecule has 4 aliphatic rings. The molecule has 6 aromatic rings. The Hall–Kier alpha value is -4.98. The van der Waals surface area contributed by atoms with Gasteiger partial charge in [0.2, 0.25) is 11.9 Å². The number of allylic oxidation sites excluding steroid dienone is 4. The van der Waals surface area contributed by atoms with E-state index in [1.165, 1.54) is 51.5 Å². The number of thiophene rings is 2. The number of hydrogen-bond donors (Lipinski definition) is 2. The summed E-state index contributed by atoms with van der Waals surface area (Å²) in [7, 11) is 0. The molecule has 0 spiro atoms. The number of guanidine groups is 2. The van der Waals surface area contributed by atoms with Gasteiger partial charge < -0.3 is 15.5 Å².